The third-order valence-electron chi connectivity index (χ3n) is 6.12. The fourth-order valence-corrected chi connectivity index (χ4v) is 4.85. The summed E-state index contributed by atoms with van der Waals surface area (Å²) in [6.45, 7) is 2.83. The summed E-state index contributed by atoms with van der Waals surface area (Å²) in [6.07, 6.45) is 6.91. The number of anilines is 3. The molecule has 0 amide bonds. The van der Waals surface area contributed by atoms with Gasteiger partial charge in [0, 0.05) is 49.0 Å². The van der Waals surface area contributed by atoms with Crippen LogP contribution in [0.4, 0.5) is 17.6 Å². The Bertz CT molecular complexity index is 1070. The van der Waals surface area contributed by atoms with Gasteiger partial charge in [-0.2, -0.15) is 20.3 Å². The molecule has 0 aromatic carbocycles. The highest BCUT2D eigenvalue weighted by molar-refractivity contribution is 5.87. The van der Waals surface area contributed by atoms with Crippen molar-refractivity contribution in [2.45, 2.75) is 57.2 Å². The number of piperidine rings is 1. The molecule has 3 aromatic rings. The highest BCUT2D eigenvalue weighted by atomic mass is 15.3. The molecule has 3 aromatic heterocycles. The van der Waals surface area contributed by atoms with E-state index >= 15 is 0 Å². The van der Waals surface area contributed by atoms with Gasteiger partial charge in [-0.1, -0.05) is 0 Å². The topological polar surface area (TPSA) is 118 Å². The molecule has 3 N–H and O–H groups in total. The van der Waals surface area contributed by atoms with Crippen LogP contribution in [0.15, 0.2) is 24.4 Å². The van der Waals surface area contributed by atoms with Gasteiger partial charge in [0.25, 0.3) is 0 Å². The molecule has 9 heteroatoms. The molecule has 2 saturated heterocycles. The zero-order valence-electron chi connectivity index (χ0n) is 17.0. The van der Waals surface area contributed by atoms with Gasteiger partial charge in [0.2, 0.25) is 5.95 Å². The summed E-state index contributed by atoms with van der Waals surface area (Å²) in [6, 6.07) is 9.55. The van der Waals surface area contributed by atoms with Gasteiger partial charge in [-0.3, -0.25) is 10.00 Å². The van der Waals surface area contributed by atoms with Crippen molar-refractivity contribution in [2.24, 2.45) is 0 Å². The second-order valence-electron chi connectivity index (χ2n) is 8.18. The maximum atomic E-state index is 8.95. The number of aromatic amines is 1. The number of nitrogens with zero attached hydrogens (tertiary/aromatic N) is 6. The lowest BCUT2D eigenvalue weighted by atomic mass is 9.97. The normalized spacial score (nSPS) is 23.4. The zero-order valence-corrected chi connectivity index (χ0v) is 17.0. The van der Waals surface area contributed by atoms with Crippen LogP contribution in [0, 0.1) is 18.3 Å². The fourth-order valence-electron chi connectivity index (χ4n) is 4.85. The maximum absolute atomic E-state index is 8.95. The SMILES string of the molecule is Cc1cc(Nc2nc(N[C@@H]3C[C@H]4CC[C@@H](C3)N4CCC#N)c3cccnc3n2)n[nH]1. The Balaban J connectivity index is 1.38. The summed E-state index contributed by atoms with van der Waals surface area (Å²) < 4.78 is 0. The van der Waals surface area contributed by atoms with Gasteiger partial charge in [0.15, 0.2) is 11.5 Å². The van der Waals surface area contributed by atoms with E-state index in [9.17, 15) is 0 Å². The van der Waals surface area contributed by atoms with Crippen molar-refractivity contribution in [3.05, 3.63) is 30.1 Å². The van der Waals surface area contributed by atoms with E-state index in [0.717, 1.165) is 36.3 Å². The van der Waals surface area contributed by atoms with Crippen LogP contribution in [-0.4, -0.2) is 54.7 Å². The van der Waals surface area contributed by atoms with Crippen LogP contribution >= 0.6 is 0 Å². The van der Waals surface area contributed by atoms with Crippen LogP contribution in [0.1, 0.15) is 37.8 Å². The molecule has 0 saturated carbocycles. The number of aromatic nitrogens is 5. The van der Waals surface area contributed by atoms with Gasteiger partial charge >= 0.3 is 0 Å². The molecule has 0 spiro atoms. The molecule has 2 aliphatic rings. The van der Waals surface area contributed by atoms with E-state index < -0.39 is 0 Å². The van der Waals surface area contributed by atoms with E-state index in [4.69, 9.17) is 10.2 Å². The number of hydrogen-bond donors (Lipinski definition) is 3. The minimum absolute atomic E-state index is 0.347. The molecule has 0 unspecified atom stereocenters. The summed E-state index contributed by atoms with van der Waals surface area (Å²) in [5.41, 5.74) is 1.62. The molecular formula is C21H25N9. The number of rotatable bonds is 6. The molecule has 9 nitrogen and oxygen atoms in total. The molecule has 2 aliphatic heterocycles. The van der Waals surface area contributed by atoms with E-state index in [1.165, 1.54) is 12.8 Å². The predicted octanol–water partition coefficient (Wildman–Crippen LogP) is 3.12. The largest absolute Gasteiger partial charge is 0.366 e. The molecule has 154 valence electrons. The van der Waals surface area contributed by atoms with E-state index in [0.29, 0.717) is 42.0 Å². The molecule has 5 heterocycles. The molecule has 2 fully saturated rings. The second-order valence-corrected chi connectivity index (χ2v) is 8.18. The van der Waals surface area contributed by atoms with Crippen molar-refractivity contribution in [1.82, 2.24) is 30.0 Å². The highest BCUT2D eigenvalue weighted by Crippen LogP contribution is 2.37. The molecule has 30 heavy (non-hydrogen) atoms. The van der Waals surface area contributed by atoms with Gasteiger partial charge in [-0.15, -0.1) is 0 Å². The molecule has 5 rings (SSSR count). The molecular weight excluding hydrogens is 378 g/mol. The van der Waals surface area contributed by atoms with E-state index in [1.54, 1.807) is 6.20 Å². The second kappa shape index (κ2) is 7.88. The van der Waals surface area contributed by atoms with Crippen LogP contribution in [0.2, 0.25) is 0 Å². The Kier molecular flexibility index (Phi) is 4.93. The summed E-state index contributed by atoms with van der Waals surface area (Å²) in [5, 5.41) is 23.8. The van der Waals surface area contributed by atoms with Crippen LogP contribution in [-0.2, 0) is 0 Å². The Labute approximate surface area is 174 Å². The molecule has 2 bridgehead atoms. The predicted molar refractivity (Wildman–Crippen MR) is 114 cm³/mol. The summed E-state index contributed by atoms with van der Waals surface area (Å²) in [7, 11) is 0. The minimum atomic E-state index is 0.347. The first-order valence-electron chi connectivity index (χ1n) is 10.5. The Morgan fingerprint density at radius 1 is 1.27 bits per heavy atom. The summed E-state index contributed by atoms with van der Waals surface area (Å²) in [4.78, 5) is 16.3. The quantitative estimate of drug-likeness (QED) is 0.574. The van der Waals surface area contributed by atoms with Gasteiger partial charge in [-0.05, 0) is 44.7 Å². The Hall–Kier alpha value is -3.25. The van der Waals surface area contributed by atoms with Gasteiger partial charge < -0.3 is 10.6 Å². The van der Waals surface area contributed by atoms with Crippen molar-refractivity contribution >= 4 is 28.6 Å². The molecule has 0 aliphatic carbocycles. The number of nitriles is 1. The molecule has 0 radical (unpaired) electrons. The number of aryl methyl sites for hydroxylation is 1. The van der Waals surface area contributed by atoms with Crippen molar-refractivity contribution in [2.75, 3.05) is 17.2 Å². The summed E-state index contributed by atoms with van der Waals surface area (Å²) in [5.74, 6) is 1.96. The lowest BCUT2D eigenvalue weighted by Crippen LogP contribution is -2.47. The van der Waals surface area contributed by atoms with Crippen molar-refractivity contribution in [1.29, 1.82) is 5.26 Å². The Morgan fingerprint density at radius 3 is 2.83 bits per heavy atom. The van der Waals surface area contributed by atoms with Crippen LogP contribution < -0.4 is 10.6 Å². The first-order valence-corrected chi connectivity index (χ1v) is 10.5. The fraction of sp³-hybridized carbons (Fsp3) is 0.476. The standard InChI is InChI=1S/C21H25N9/c1-13-10-18(29-28-13)25-21-26-19-17(4-2-8-23-19)20(27-21)24-14-11-15-5-6-16(12-14)30(15)9-3-7-22/h2,4,8,10,14-16H,3,5-6,9,11-12H2,1H3,(H3,23,24,25,26,27,28,29)/t14-,15-,16+. The number of hydrogen-bond acceptors (Lipinski definition) is 8. The Morgan fingerprint density at radius 2 is 2.10 bits per heavy atom. The first kappa shape index (κ1) is 18.8. The number of pyridine rings is 1. The molecule has 3 atom stereocenters. The van der Waals surface area contributed by atoms with Crippen LogP contribution in [0.25, 0.3) is 11.0 Å². The number of fused-ring (bicyclic) bond motifs is 3. The summed E-state index contributed by atoms with van der Waals surface area (Å²) >= 11 is 0. The minimum Gasteiger partial charge on any atom is -0.366 e. The third kappa shape index (κ3) is 3.66. The average molecular weight is 403 g/mol. The zero-order chi connectivity index (χ0) is 20.5. The van der Waals surface area contributed by atoms with Gasteiger partial charge in [0.1, 0.15) is 5.82 Å². The number of H-pyrrole nitrogens is 1. The average Bonchev–Trinajstić information content (AvgIpc) is 3.25. The van der Waals surface area contributed by atoms with E-state index in [2.05, 4.69) is 41.8 Å². The number of nitrogens with one attached hydrogen (secondary N) is 3. The van der Waals surface area contributed by atoms with Crippen molar-refractivity contribution in [3.8, 4) is 6.07 Å². The monoisotopic (exact) mass is 403 g/mol. The van der Waals surface area contributed by atoms with Crippen molar-refractivity contribution in [3.63, 3.8) is 0 Å². The van der Waals surface area contributed by atoms with Gasteiger partial charge in [0.05, 0.1) is 11.5 Å². The highest BCUT2D eigenvalue weighted by Gasteiger charge is 2.40. The third-order valence-corrected chi connectivity index (χ3v) is 6.12. The van der Waals surface area contributed by atoms with Crippen LogP contribution in [0.5, 0.6) is 0 Å². The maximum Gasteiger partial charge on any atom is 0.232 e. The van der Waals surface area contributed by atoms with E-state index in [1.807, 2.05) is 25.1 Å². The van der Waals surface area contributed by atoms with Gasteiger partial charge in [-0.25, -0.2) is 4.98 Å². The lowest BCUT2D eigenvalue weighted by molar-refractivity contribution is 0.136. The smallest absolute Gasteiger partial charge is 0.232 e. The lowest BCUT2D eigenvalue weighted by Gasteiger charge is -2.39. The van der Waals surface area contributed by atoms with Crippen LogP contribution in [0.3, 0.4) is 0 Å². The first-order chi connectivity index (χ1) is 14.7. The van der Waals surface area contributed by atoms with E-state index in [-0.39, 0.29) is 0 Å². The van der Waals surface area contributed by atoms with Crippen molar-refractivity contribution < 1.29 is 0 Å².